The molecular formula is C25H27NO3. The molecule has 0 aromatic heterocycles. The standard InChI is InChI=1S/C25H27NO3/c1-3-17-8-10-18(11-9-17)13-22-24(27)23-16(2)12-21-20(25(23)29-22)14-26(15-28-21)19-6-4-5-7-19/h8-13,19H,3-7,14-15H2,1-2H3/b22-13-. The zero-order chi connectivity index (χ0) is 20.0. The fraction of sp³-hybridized carbons (Fsp3) is 0.400. The van der Waals surface area contributed by atoms with Gasteiger partial charge in [0.1, 0.15) is 18.2 Å². The Hall–Kier alpha value is -2.59. The first-order valence-electron chi connectivity index (χ1n) is 10.7. The number of benzene rings is 2. The highest BCUT2D eigenvalue weighted by atomic mass is 16.5. The molecule has 1 saturated carbocycles. The van der Waals surface area contributed by atoms with Crippen LogP contribution in [0.5, 0.6) is 11.5 Å². The highest BCUT2D eigenvalue weighted by Crippen LogP contribution is 2.44. The van der Waals surface area contributed by atoms with Gasteiger partial charge in [-0.1, -0.05) is 44.0 Å². The molecule has 2 aromatic carbocycles. The molecule has 29 heavy (non-hydrogen) atoms. The highest BCUT2D eigenvalue weighted by molar-refractivity contribution is 6.15. The van der Waals surface area contributed by atoms with Crippen LogP contribution in [0, 0.1) is 6.92 Å². The summed E-state index contributed by atoms with van der Waals surface area (Å²) < 4.78 is 12.3. The average molecular weight is 389 g/mol. The summed E-state index contributed by atoms with van der Waals surface area (Å²) in [5, 5.41) is 0. The lowest BCUT2D eigenvalue weighted by atomic mass is 9.98. The van der Waals surface area contributed by atoms with E-state index >= 15 is 0 Å². The fourth-order valence-corrected chi connectivity index (χ4v) is 4.75. The van der Waals surface area contributed by atoms with Crippen molar-refractivity contribution in [3.05, 3.63) is 63.9 Å². The number of Topliss-reactive ketones (excluding diaryl/α,β-unsaturated/α-hetero) is 1. The second-order valence-electron chi connectivity index (χ2n) is 8.37. The number of hydrogen-bond donors (Lipinski definition) is 0. The van der Waals surface area contributed by atoms with Crippen LogP contribution in [0.25, 0.3) is 6.08 Å². The first kappa shape index (κ1) is 18.4. The lowest BCUT2D eigenvalue weighted by Crippen LogP contribution is -2.39. The van der Waals surface area contributed by atoms with Gasteiger partial charge in [-0.05, 0) is 55.0 Å². The molecule has 150 valence electrons. The van der Waals surface area contributed by atoms with Gasteiger partial charge in [0.2, 0.25) is 5.78 Å². The van der Waals surface area contributed by atoms with Crippen LogP contribution >= 0.6 is 0 Å². The van der Waals surface area contributed by atoms with Crippen molar-refractivity contribution in [3.63, 3.8) is 0 Å². The Balaban J connectivity index is 1.48. The van der Waals surface area contributed by atoms with E-state index in [2.05, 4.69) is 24.0 Å². The lowest BCUT2D eigenvalue weighted by molar-refractivity contribution is 0.0567. The molecule has 0 saturated heterocycles. The maximum atomic E-state index is 13.1. The molecule has 0 radical (unpaired) electrons. The maximum Gasteiger partial charge on any atom is 0.232 e. The molecule has 2 aromatic rings. The van der Waals surface area contributed by atoms with E-state index in [0.29, 0.717) is 29.8 Å². The molecule has 3 aliphatic rings. The third-order valence-electron chi connectivity index (χ3n) is 6.48. The average Bonchev–Trinajstić information content (AvgIpc) is 3.38. The van der Waals surface area contributed by atoms with Crippen LogP contribution < -0.4 is 9.47 Å². The number of allylic oxidation sites excluding steroid dienone is 1. The van der Waals surface area contributed by atoms with Gasteiger partial charge < -0.3 is 9.47 Å². The first-order valence-corrected chi connectivity index (χ1v) is 10.7. The number of fused-ring (bicyclic) bond motifs is 3. The van der Waals surface area contributed by atoms with E-state index in [4.69, 9.17) is 9.47 Å². The molecule has 2 heterocycles. The summed E-state index contributed by atoms with van der Waals surface area (Å²) in [5.74, 6) is 1.93. The normalized spacial score (nSPS) is 20.5. The second-order valence-corrected chi connectivity index (χ2v) is 8.37. The Kier molecular flexibility index (Phi) is 4.67. The minimum Gasteiger partial charge on any atom is -0.478 e. The zero-order valence-corrected chi connectivity index (χ0v) is 17.2. The third kappa shape index (κ3) is 3.25. The summed E-state index contributed by atoms with van der Waals surface area (Å²) in [4.78, 5) is 15.5. The minimum atomic E-state index is -0.0298. The van der Waals surface area contributed by atoms with Gasteiger partial charge in [-0.25, -0.2) is 0 Å². The monoisotopic (exact) mass is 389 g/mol. The summed E-state index contributed by atoms with van der Waals surface area (Å²) in [5.41, 5.74) is 4.89. The van der Waals surface area contributed by atoms with Crippen molar-refractivity contribution in [1.29, 1.82) is 0 Å². The summed E-state index contributed by atoms with van der Waals surface area (Å²) >= 11 is 0. The van der Waals surface area contributed by atoms with Gasteiger partial charge in [0.25, 0.3) is 0 Å². The Morgan fingerprint density at radius 3 is 2.66 bits per heavy atom. The molecule has 1 aliphatic carbocycles. The number of carbonyl (C=O) groups excluding carboxylic acids is 1. The molecule has 0 atom stereocenters. The number of hydrogen-bond acceptors (Lipinski definition) is 4. The van der Waals surface area contributed by atoms with Crippen molar-refractivity contribution < 1.29 is 14.3 Å². The van der Waals surface area contributed by atoms with Crippen molar-refractivity contribution in [3.8, 4) is 11.5 Å². The van der Waals surface area contributed by atoms with Gasteiger partial charge >= 0.3 is 0 Å². The minimum absolute atomic E-state index is 0.0298. The quantitative estimate of drug-likeness (QED) is 0.671. The van der Waals surface area contributed by atoms with Crippen LogP contribution in [-0.2, 0) is 13.0 Å². The number of ether oxygens (including phenoxy) is 2. The van der Waals surface area contributed by atoms with Crippen molar-refractivity contribution in [2.75, 3.05) is 6.73 Å². The van der Waals surface area contributed by atoms with Crippen molar-refractivity contribution >= 4 is 11.9 Å². The van der Waals surface area contributed by atoms with Crippen LogP contribution in [0.15, 0.2) is 36.1 Å². The van der Waals surface area contributed by atoms with E-state index in [0.717, 1.165) is 35.4 Å². The number of aryl methyl sites for hydroxylation is 2. The van der Waals surface area contributed by atoms with E-state index < -0.39 is 0 Å². The van der Waals surface area contributed by atoms with Crippen LogP contribution in [0.1, 0.15) is 65.2 Å². The number of rotatable bonds is 3. The van der Waals surface area contributed by atoms with Crippen molar-refractivity contribution in [2.24, 2.45) is 0 Å². The molecule has 0 amide bonds. The van der Waals surface area contributed by atoms with Gasteiger partial charge in [0, 0.05) is 12.6 Å². The molecule has 5 rings (SSSR count). The second kappa shape index (κ2) is 7.34. The molecule has 0 unspecified atom stereocenters. The molecule has 0 spiro atoms. The van der Waals surface area contributed by atoms with Gasteiger partial charge in [-0.2, -0.15) is 0 Å². The molecule has 1 fully saturated rings. The summed E-state index contributed by atoms with van der Waals surface area (Å²) in [6.07, 6.45) is 7.89. The molecular weight excluding hydrogens is 362 g/mol. The van der Waals surface area contributed by atoms with E-state index in [1.165, 1.54) is 31.2 Å². The van der Waals surface area contributed by atoms with E-state index in [-0.39, 0.29) is 5.78 Å². The molecule has 0 bridgehead atoms. The smallest absolute Gasteiger partial charge is 0.232 e. The molecule has 4 heteroatoms. The Morgan fingerprint density at radius 2 is 1.93 bits per heavy atom. The van der Waals surface area contributed by atoms with Crippen molar-refractivity contribution in [1.82, 2.24) is 4.90 Å². The van der Waals surface area contributed by atoms with Crippen LogP contribution in [0.4, 0.5) is 0 Å². The van der Waals surface area contributed by atoms with Crippen molar-refractivity contribution in [2.45, 2.75) is 58.5 Å². The molecule has 2 aliphatic heterocycles. The predicted octanol–water partition coefficient (Wildman–Crippen LogP) is 5.27. The van der Waals surface area contributed by atoms with E-state index in [1.807, 2.05) is 31.2 Å². The summed E-state index contributed by atoms with van der Waals surface area (Å²) in [7, 11) is 0. The van der Waals surface area contributed by atoms with Crippen LogP contribution in [0.2, 0.25) is 0 Å². The van der Waals surface area contributed by atoms with Gasteiger partial charge in [0.15, 0.2) is 5.76 Å². The highest BCUT2D eigenvalue weighted by Gasteiger charge is 2.36. The Morgan fingerprint density at radius 1 is 1.17 bits per heavy atom. The Labute approximate surface area is 172 Å². The fourth-order valence-electron chi connectivity index (χ4n) is 4.75. The van der Waals surface area contributed by atoms with Gasteiger partial charge in [-0.3, -0.25) is 9.69 Å². The molecule has 4 nitrogen and oxygen atoms in total. The first-order chi connectivity index (χ1) is 14.1. The molecule has 0 N–H and O–H groups in total. The van der Waals surface area contributed by atoms with Crippen LogP contribution in [-0.4, -0.2) is 23.5 Å². The largest absolute Gasteiger partial charge is 0.478 e. The summed E-state index contributed by atoms with van der Waals surface area (Å²) in [6, 6.07) is 10.8. The number of nitrogens with zero attached hydrogens (tertiary/aromatic N) is 1. The SMILES string of the molecule is CCc1ccc(/C=C2\Oc3c4c(cc(C)c3C2=O)OCN(C2CCCC2)C4)cc1. The maximum absolute atomic E-state index is 13.1. The zero-order valence-electron chi connectivity index (χ0n) is 17.2. The number of ketones is 1. The summed E-state index contributed by atoms with van der Waals surface area (Å²) in [6.45, 7) is 5.51. The number of carbonyl (C=O) groups is 1. The predicted molar refractivity (Wildman–Crippen MR) is 113 cm³/mol. The topological polar surface area (TPSA) is 38.8 Å². The van der Waals surface area contributed by atoms with Gasteiger partial charge in [-0.15, -0.1) is 0 Å². The van der Waals surface area contributed by atoms with E-state index in [9.17, 15) is 4.79 Å². The third-order valence-corrected chi connectivity index (χ3v) is 6.48. The van der Waals surface area contributed by atoms with E-state index in [1.54, 1.807) is 0 Å². The van der Waals surface area contributed by atoms with Gasteiger partial charge in [0.05, 0.1) is 11.1 Å². The lowest BCUT2D eigenvalue weighted by Gasteiger charge is -2.34. The Bertz CT molecular complexity index is 984. The van der Waals surface area contributed by atoms with Crippen LogP contribution in [0.3, 0.4) is 0 Å².